The van der Waals surface area contributed by atoms with Crippen LogP contribution in [0.15, 0.2) is 42.5 Å². The number of carbonyl (C=O) groups excluding carboxylic acids is 3. The third kappa shape index (κ3) is 4.81. The van der Waals surface area contributed by atoms with Gasteiger partial charge in [0.15, 0.2) is 5.78 Å². The predicted molar refractivity (Wildman–Crippen MR) is 90.2 cm³/mol. The van der Waals surface area contributed by atoms with Crippen LogP contribution in [0.25, 0.3) is 0 Å². The standard InChI is InChI=1S/C16H12Cl2N2O3/c1-9(21)10-2-4-13(5-3-10)19-15(22)16(23)20-14-7-11(17)6-12(18)8-14/h2-8H,1H3,(H,19,22)(H,20,23). The summed E-state index contributed by atoms with van der Waals surface area (Å²) in [4.78, 5) is 34.9. The fourth-order valence-electron chi connectivity index (χ4n) is 1.79. The van der Waals surface area contributed by atoms with E-state index < -0.39 is 11.8 Å². The molecule has 0 saturated carbocycles. The Bertz CT molecular complexity index is 753. The Morgan fingerprint density at radius 2 is 1.26 bits per heavy atom. The highest BCUT2D eigenvalue weighted by Crippen LogP contribution is 2.22. The van der Waals surface area contributed by atoms with E-state index in [9.17, 15) is 14.4 Å². The van der Waals surface area contributed by atoms with Gasteiger partial charge < -0.3 is 10.6 Å². The van der Waals surface area contributed by atoms with Crippen molar-refractivity contribution in [1.29, 1.82) is 0 Å². The minimum Gasteiger partial charge on any atom is -0.318 e. The molecule has 0 aromatic heterocycles. The first-order valence-electron chi connectivity index (χ1n) is 6.54. The molecule has 2 aromatic rings. The summed E-state index contributed by atoms with van der Waals surface area (Å²) in [7, 11) is 0. The van der Waals surface area contributed by atoms with Gasteiger partial charge in [-0.2, -0.15) is 0 Å². The second kappa shape index (κ2) is 7.26. The van der Waals surface area contributed by atoms with Crippen molar-refractivity contribution in [2.24, 2.45) is 0 Å². The monoisotopic (exact) mass is 350 g/mol. The van der Waals surface area contributed by atoms with E-state index in [-0.39, 0.29) is 5.78 Å². The van der Waals surface area contributed by atoms with E-state index in [1.54, 1.807) is 12.1 Å². The highest BCUT2D eigenvalue weighted by molar-refractivity contribution is 6.44. The summed E-state index contributed by atoms with van der Waals surface area (Å²) in [5, 5.41) is 5.51. The average Bonchev–Trinajstić information content (AvgIpc) is 2.46. The smallest absolute Gasteiger partial charge is 0.314 e. The molecule has 0 spiro atoms. The van der Waals surface area contributed by atoms with Crippen LogP contribution >= 0.6 is 23.2 Å². The van der Waals surface area contributed by atoms with Gasteiger partial charge in [0.05, 0.1) is 0 Å². The Morgan fingerprint density at radius 1 is 0.783 bits per heavy atom. The number of benzene rings is 2. The van der Waals surface area contributed by atoms with Crippen LogP contribution in [0.1, 0.15) is 17.3 Å². The summed E-state index contributed by atoms with van der Waals surface area (Å²) < 4.78 is 0. The summed E-state index contributed by atoms with van der Waals surface area (Å²) >= 11 is 11.6. The molecule has 0 unspecified atom stereocenters. The Kier molecular flexibility index (Phi) is 5.36. The summed E-state index contributed by atoms with van der Waals surface area (Å²) in [5.41, 5.74) is 1.23. The van der Waals surface area contributed by atoms with E-state index >= 15 is 0 Å². The van der Waals surface area contributed by atoms with Crippen molar-refractivity contribution >= 4 is 52.2 Å². The minimum absolute atomic E-state index is 0.0848. The molecule has 5 nitrogen and oxygen atoms in total. The van der Waals surface area contributed by atoms with E-state index in [4.69, 9.17) is 23.2 Å². The first-order valence-corrected chi connectivity index (χ1v) is 7.30. The number of rotatable bonds is 3. The Balaban J connectivity index is 2.02. The van der Waals surface area contributed by atoms with Crippen molar-refractivity contribution in [2.45, 2.75) is 6.92 Å². The van der Waals surface area contributed by atoms with Gasteiger partial charge in [0.25, 0.3) is 0 Å². The number of anilines is 2. The first kappa shape index (κ1) is 17.0. The molecular weight excluding hydrogens is 339 g/mol. The van der Waals surface area contributed by atoms with Gasteiger partial charge in [-0.15, -0.1) is 0 Å². The maximum absolute atomic E-state index is 11.9. The van der Waals surface area contributed by atoms with E-state index in [1.165, 1.54) is 37.3 Å². The predicted octanol–water partition coefficient (Wildman–Crippen LogP) is 3.77. The maximum atomic E-state index is 11.9. The molecule has 23 heavy (non-hydrogen) atoms. The Labute approximate surface area is 142 Å². The van der Waals surface area contributed by atoms with Crippen LogP contribution in [0.4, 0.5) is 11.4 Å². The molecule has 0 aliphatic carbocycles. The lowest BCUT2D eigenvalue weighted by Crippen LogP contribution is -2.29. The maximum Gasteiger partial charge on any atom is 0.314 e. The molecule has 2 amide bonds. The lowest BCUT2D eigenvalue weighted by Gasteiger charge is -2.07. The summed E-state index contributed by atoms with van der Waals surface area (Å²) in [5.74, 6) is -1.80. The lowest BCUT2D eigenvalue weighted by atomic mass is 10.1. The topological polar surface area (TPSA) is 75.3 Å². The second-order valence-corrected chi connectivity index (χ2v) is 5.57. The van der Waals surface area contributed by atoms with Gasteiger partial charge in [-0.05, 0) is 49.4 Å². The number of carbonyl (C=O) groups is 3. The van der Waals surface area contributed by atoms with Gasteiger partial charge >= 0.3 is 11.8 Å². The van der Waals surface area contributed by atoms with E-state index in [0.717, 1.165) is 0 Å². The number of amides is 2. The van der Waals surface area contributed by atoms with Crippen molar-refractivity contribution in [3.05, 3.63) is 58.1 Å². The summed E-state index contributed by atoms with van der Waals surface area (Å²) in [6, 6.07) is 10.7. The van der Waals surface area contributed by atoms with Crippen molar-refractivity contribution in [3.8, 4) is 0 Å². The largest absolute Gasteiger partial charge is 0.318 e. The highest BCUT2D eigenvalue weighted by atomic mass is 35.5. The molecule has 7 heteroatoms. The van der Waals surface area contributed by atoms with Gasteiger partial charge in [0.2, 0.25) is 0 Å². The molecule has 0 fully saturated rings. The third-order valence-electron chi connectivity index (χ3n) is 2.88. The van der Waals surface area contributed by atoms with Crippen LogP contribution in [0, 0.1) is 0 Å². The molecule has 0 saturated heterocycles. The van der Waals surface area contributed by atoms with E-state index in [0.29, 0.717) is 27.0 Å². The molecule has 2 aromatic carbocycles. The van der Waals surface area contributed by atoms with Gasteiger partial charge in [-0.1, -0.05) is 23.2 Å². The Hall–Kier alpha value is -2.37. The normalized spacial score (nSPS) is 10.0. The van der Waals surface area contributed by atoms with Crippen molar-refractivity contribution in [3.63, 3.8) is 0 Å². The van der Waals surface area contributed by atoms with E-state index in [1.807, 2.05) is 0 Å². The number of halogens is 2. The Morgan fingerprint density at radius 3 is 1.74 bits per heavy atom. The molecule has 2 rings (SSSR count). The minimum atomic E-state index is -0.862. The summed E-state index contributed by atoms with van der Waals surface area (Å²) in [6.07, 6.45) is 0. The third-order valence-corrected chi connectivity index (χ3v) is 3.31. The highest BCUT2D eigenvalue weighted by Gasteiger charge is 2.14. The molecular formula is C16H12Cl2N2O3. The number of ketones is 1. The molecule has 0 aliphatic heterocycles. The quantitative estimate of drug-likeness (QED) is 0.653. The number of nitrogens with one attached hydrogen (secondary N) is 2. The molecule has 0 atom stereocenters. The number of hydrogen-bond acceptors (Lipinski definition) is 3. The van der Waals surface area contributed by atoms with Gasteiger partial charge in [-0.25, -0.2) is 0 Å². The van der Waals surface area contributed by atoms with Gasteiger partial charge in [0, 0.05) is 27.0 Å². The zero-order valence-corrected chi connectivity index (χ0v) is 13.5. The lowest BCUT2D eigenvalue weighted by molar-refractivity contribution is -0.132. The van der Waals surface area contributed by atoms with Crippen LogP contribution in [-0.4, -0.2) is 17.6 Å². The zero-order valence-electron chi connectivity index (χ0n) is 12.0. The average molecular weight is 351 g/mol. The van der Waals surface area contributed by atoms with Crippen molar-refractivity contribution in [2.75, 3.05) is 10.6 Å². The van der Waals surface area contributed by atoms with Crippen LogP contribution in [0.5, 0.6) is 0 Å². The fraction of sp³-hybridized carbons (Fsp3) is 0.0625. The molecule has 0 radical (unpaired) electrons. The zero-order chi connectivity index (χ0) is 17.0. The van der Waals surface area contributed by atoms with Crippen LogP contribution in [0.3, 0.4) is 0 Å². The molecule has 0 aliphatic rings. The summed E-state index contributed by atoms with van der Waals surface area (Å²) in [6.45, 7) is 1.44. The molecule has 0 heterocycles. The molecule has 118 valence electrons. The van der Waals surface area contributed by atoms with Crippen molar-refractivity contribution < 1.29 is 14.4 Å². The number of hydrogen-bond donors (Lipinski definition) is 2. The fourth-order valence-corrected chi connectivity index (χ4v) is 2.32. The first-order chi connectivity index (χ1) is 10.8. The van der Waals surface area contributed by atoms with Crippen LogP contribution in [0.2, 0.25) is 10.0 Å². The van der Waals surface area contributed by atoms with Gasteiger partial charge in [0.1, 0.15) is 0 Å². The SMILES string of the molecule is CC(=O)c1ccc(NC(=O)C(=O)Nc2cc(Cl)cc(Cl)c2)cc1. The molecule has 0 bridgehead atoms. The second-order valence-electron chi connectivity index (χ2n) is 4.70. The van der Waals surface area contributed by atoms with Crippen molar-refractivity contribution in [1.82, 2.24) is 0 Å². The van der Waals surface area contributed by atoms with Crippen LogP contribution in [-0.2, 0) is 9.59 Å². The number of Topliss-reactive ketones (excluding diaryl/α,β-unsaturated/α-hetero) is 1. The molecule has 2 N–H and O–H groups in total. The van der Waals surface area contributed by atoms with Gasteiger partial charge in [-0.3, -0.25) is 14.4 Å². The van der Waals surface area contributed by atoms with E-state index in [2.05, 4.69) is 10.6 Å². The van der Waals surface area contributed by atoms with Crippen LogP contribution < -0.4 is 10.6 Å².